The van der Waals surface area contributed by atoms with Crippen molar-refractivity contribution in [3.05, 3.63) is 27.8 Å². The first-order valence-corrected chi connectivity index (χ1v) is 29.0. The second-order valence-corrected chi connectivity index (χ2v) is 20.5. The second kappa shape index (κ2) is 42.5. The molecule has 0 aromatic carbocycles. The number of hydroxylamine groups is 6. The van der Waals surface area contributed by atoms with Gasteiger partial charge in [0, 0.05) is 57.9 Å². The van der Waals surface area contributed by atoms with Gasteiger partial charge < -0.3 is 93.8 Å². The molecule has 1 aliphatic rings. The smallest absolute Gasteiger partial charge is 0.325 e. The second-order valence-electron chi connectivity index (χ2n) is 20.5. The summed E-state index contributed by atoms with van der Waals surface area (Å²) >= 11 is 0. The lowest BCUT2D eigenvalue weighted by Crippen LogP contribution is -2.59. The Morgan fingerprint density at radius 2 is 1.11 bits per heavy atom. The predicted molar refractivity (Wildman–Crippen MR) is 307 cm³/mol. The van der Waals surface area contributed by atoms with Crippen molar-refractivity contribution in [1.82, 2.24) is 68.4 Å². The first-order valence-electron chi connectivity index (χ1n) is 29.0. The van der Waals surface area contributed by atoms with Gasteiger partial charge in [-0.15, -0.1) is 0 Å². The fourth-order valence-corrected chi connectivity index (χ4v) is 8.03. The highest BCUT2D eigenvalue weighted by Crippen LogP contribution is 2.09. The maximum atomic E-state index is 14.1. The van der Waals surface area contributed by atoms with Gasteiger partial charge in [-0.25, -0.2) is 0 Å². The number of rotatable bonds is 25. The average molecular weight is 1210 g/mol. The zero-order chi connectivity index (χ0) is 64.0. The average Bonchev–Trinajstić information content (AvgIpc) is 3.68. The minimum Gasteiger partial charge on any atom is -0.756 e. The Balaban J connectivity index is 3.78. The van der Waals surface area contributed by atoms with E-state index in [-0.39, 0.29) is 99.0 Å². The largest absolute Gasteiger partial charge is 0.756 e. The fraction of sp³-hybridized carbons (Fsp3) is 0.722. The van der Waals surface area contributed by atoms with Crippen LogP contribution in [0.3, 0.4) is 0 Å². The van der Waals surface area contributed by atoms with Crippen LogP contribution in [0.5, 0.6) is 0 Å². The van der Waals surface area contributed by atoms with Crippen molar-refractivity contribution in [3.8, 4) is 0 Å². The van der Waals surface area contributed by atoms with Crippen LogP contribution in [0.25, 0.3) is 0 Å². The molecule has 11 N–H and O–H groups in total. The van der Waals surface area contributed by atoms with E-state index in [0.717, 1.165) is 25.7 Å². The van der Waals surface area contributed by atoms with E-state index in [2.05, 4.69) is 60.1 Å². The zero-order valence-electron chi connectivity index (χ0n) is 50.0. The SMILES string of the molecule is CCCCCC/C=C\CC(=O)N[C@H]1COC(=O)CNC(=O)C(CCCN([O-])C(=O)CC)NC(=O)CNC(=O)[C@H](C)NCC(CCCN([O-])C(=O)CC)NC(=O)[C@H](CO)NC(=O)[C@@H](C(C)C)NC(=O)CNC(=O)C(CCCN([O-])C(=O)CC)NC1=O. The number of carbonyl (C=O) groups excluding carboxylic acids is 13. The lowest BCUT2D eigenvalue weighted by atomic mass is 10.0. The lowest BCUT2D eigenvalue weighted by molar-refractivity contribution is -0.147. The summed E-state index contributed by atoms with van der Waals surface area (Å²) in [7, 11) is 0. The number of cyclic esters (lactones) is 1. The van der Waals surface area contributed by atoms with Crippen LogP contribution in [0.4, 0.5) is 0 Å². The van der Waals surface area contributed by atoms with E-state index in [9.17, 15) is 83.1 Å². The topological polar surface area (TPSA) is 451 Å². The van der Waals surface area contributed by atoms with Crippen LogP contribution in [0, 0.1) is 21.5 Å². The summed E-state index contributed by atoms with van der Waals surface area (Å²) in [4.78, 5) is 171. The molecule has 0 radical (unpaired) electrons. The van der Waals surface area contributed by atoms with Crippen molar-refractivity contribution in [2.24, 2.45) is 5.92 Å². The van der Waals surface area contributed by atoms with E-state index in [4.69, 9.17) is 4.74 Å². The highest BCUT2D eigenvalue weighted by molar-refractivity contribution is 5.96. The molecule has 1 rings (SSSR count). The van der Waals surface area contributed by atoms with Gasteiger partial charge in [-0.05, 0) is 64.2 Å². The number of aliphatic hydroxyl groups is 1. The molecule has 7 atom stereocenters. The van der Waals surface area contributed by atoms with Crippen LogP contribution in [-0.2, 0) is 67.1 Å². The summed E-state index contributed by atoms with van der Waals surface area (Å²) in [6.07, 6.45) is 6.50. The van der Waals surface area contributed by atoms with Crippen LogP contribution in [0.15, 0.2) is 12.2 Å². The number of carbonyl (C=O) groups is 13. The van der Waals surface area contributed by atoms with E-state index >= 15 is 0 Å². The van der Waals surface area contributed by atoms with E-state index in [1.807, 2.05) is 0 Å². The Morgan fingerprint density at radius 1 is 0.600 bits per heavy atom. The van der Waals surface area contributed by atoms with Gasteiger partial charge in [-0.1, -0.05) is 73.0 Å². The van der Waals surface area contributed by atoms with Crippen molar-refractivity contribution < 1.29 is 72.2 Å². The van der Waals surface area contributed by atoms with Gasteiger partial charge >= 0.3 is 5.97 Å². The molecule has 1 aliphatic heterocycles. The summed E-state index contributed by atoms with van der Waals surface area (Å²) in [5.41, 5.74) is 0. The zero-order valence-corrected chi connectivity index (χ0v) is 50.0. The monoisotopic (exact) mass is 1210 g/mol. The van der Waals surface area contributed by atoms with Gasteiger partial charge in [0.2, 0.25) is 70.9 Å². The highest BCUT2D eigenvalue weighted by Gasteiger charge is 2.32. The number of ether oxygens (including phenoxy) is 1. The van der Waals surface area contributed by atoms with E-state index in [1.54, 1.807) is 26.0 Å². The molecule has 0 aromatic heterocycles. The molecule has 482 valence electrons. The number of allylic oxidation sites excluding steroid dienone is 1. The predicted octanol–water partition coefficient (Wildman–Crippen LogP) is -2.11. The summed E-state index contributed by atoms with van der Waals surface area (Å²) in [6, 6.07) is -9.85. The Labute approximate surface area is 495 Å². The third-order valence-electron chi connectivity index (χ3n) is 13.1. The van der Waals surface area contributed by atoms with Gasteiger partial charge in [0.25, 0.3) is 0 Å². The van der Waals surface area contributed by atoms with Crippen LogP contribution in [-0.4, -0.2) is 198 Å². The Morgan fingerprint density at radius 3 is 1.64 bits per heavy atom. The number of nitrogens with zero attached hydrogens (tertiary/aromatic N) is 3. The molecular weight excluding hydrogens is 1120 g/mol. The van der Waals surface area contributed by atoms with E-state index in [0.29, 0.717) is 6.42 Å². The Kier molecular flexibility index (Phi) is 37.8. The van der Waals surface area contributed by atoms with E-state index in [1.165, 1.54) is 27.7 Å². The van der Waals surface area contributed by atoms with Crippen LogP contribution >= 0.6 is 0 Å². The molecule has 31 nitrogen and oxygen atoms in total. The van der Waals surface area contributed by atoms with Gasteiger partial charge in [0.15, 0.2) is 0 Å². The molecule has 1 fully saturated rings. The molecule has 0 spiro atoms. The molecule has 1 saturated heterocycles. The molecule has 12 amide bonds. The molecule has 0 bridgehead atoms. The number of hydrogen-bond donors (Lipinski definition) is 11. The summed E-state index contributed by atoms with van der Waals surface area (Å²) in [5.74, 6) is -12.4. The van der Waals surface area contributed by atoms with Crippen molar-refractivity contribution in [2.45, 2.75) is 187 Å². The molecule has 1 heterocycles. The van der Waals surface area contributed by atoms with Crippen molar-refractivity contribution in [1.29, 1.82) is 0 Å². The van der Waals surface area contributed by atoms with Crippen LogP contribution < -0.4 is 53.2 Å². The minimum atomic E-state index is -1.72. The highest BCUT2D eigenvalue weighted by atomic mass is 16.5. The standard InChI is InChI=1S/C54H90N13O18/c1-8-12-13-14-15-16-17-24-41(69)61-40-33-85-47(75)31-58-50(77)37(22-19-26-66(83)45(73)10-3)60-42(70)29-56-49(76)35(7)55-28-36(21-18-25-65(82)44(72)9-2)59-52(79)39(32-68)63-54(81)48(34(5)6)64-43(71)30-57-51(78)38(62-53(40)80)23-20-27-67(84)46(74)11-4/h16-17,34-40,48,55,68H,8-15,18-33H2,1-7H3,(H,56,76)(H,57,78)(H,58,77)(H,59,79)(H,60,70)(H,61,69)(H,62,80)(H,63,81)(H,64,71)/q-3/b17-16-/t35-,36?,37?,38?,39-,40-,48+/m0/s1. The van der Waals surface area contributed by atoms with Gasteiger partial charge in [0.05, 0.1) is 25.7 Å². The molecule has 31 heteroatoms. The van der Waals surface area contributed by atoms with Gasteiger partial charge in [-0.3, -0.25) is 62.3 Å². The van der Waals surface area contributed by atoms with Crippen molar-refractivity contribution in [3.63, 3.8) is 0 Å². The molecule has 0 saturated carbocycles. The quantitative estimate of drug-likeness (QED) is 0.0202. The first-order chi connectivity index (χ1) is 40.3. The number of nitrogens with one attached hydrogen (secondary N) is 10. The van der Waals surface area contributed by atoms with E-state index < -0.39 is 164 Å². The normalized spacial score (nSPS) is 21.7. The number of amides is 12. The molecule has 3 unspecified atom stereocenters. The number of esters is 1. The molecule has 0 aliphatic carbocycles. The molecule has 85 heavy (non-hydrogen) atoms. The molecule has 0 aromatic rings. The van der Waals surface area contributed by atoms with Crippen LogP contribution in [0.1, 0.15) is 145 Å². The summed E-state index contributed by atoms with van der Waals surface area (Å²) in [6.45, 7) is 5.41. The fourth-order valence-electron chi connectivity index (χ4n) is 8.03. The van der Waals surface area contributed by atoms with Crippen LogP contribution in [0.2, 0.25) is 0 Å². The first kappa shape index (κ1) is 75.7. The third-order valence-corrected chi connectivity index (χ3v) is 13.1. The summed E-state index contributed by atoms with van der Waals surface area (Å²) < 4.78 is 5.31. The maximum Gasteiger partial charge on any atom is 0.325 e. The summed E-state index contributed by atoms with van der Waals surface area (Å²) in [5, 5.41) is 72.5. The molecular formula is C54H90N13O18-3. The Hall–Kier alpha value is -7.35. The lowest BCUT2D eigenvalue weighted by Gasteiger charge is -2.30. The van der Waals surface area contributed by atoms with Gasteiger partial charge in [0.1, 0.15) is 43.4 Å². The number of aliphatic hydroxyl groups excluding tert-OH is 1. The van der Waals surface area contributed by atoms with Crippen molar-refractivity contribution in [2.75, 3.05) is 59.0 Å². The number of unbranched alkanes of at least 4 members (excludes halogenated alkanes) is 4. The number of hydrogen-bond acceptors (Lipinski definition) is 19. The van der Waals surface area contributed by atoms with Crippen molar-refractivity contribution >= 4 is 76.9 Å². The minimum absolute atomic E-state index is 0.0140. The maximum absolute atomic E-state index is 14.1. The third kappa shape index (κ3) is 31.4. The van der Waals surface area contributed by atoms with Gasteiger partial charge in [-0.2, -0.15) is 0 Å². The Bertz CT molecular complexity index is 2240.